The summed E-state index contributed by atoms with van der Waals surface area (Å²) in [6.45, 7) is 2.88. The maximum Gasteiger partial charge on any atom is 0.252 e. The molecule has 0 spiro atoms. The first-order valence-corrected chi connectivity index (χ1v) is 11.4. The van der Waals surface area contributed by atoms with Gasteiger partial charge in [-0.3, -0.25) is 4.79 Å². The summed E-state index contributed by atoms with van der Waals surface area (Å²) in [4.78, 5) is 15.1. The number of nitrogens with one attached hydrogen (secondary N) is 2. The molecule has 174 valence electrons. The minimum atomic E-state index is -0.0617. The number of hydrogen-bond acceptors (Lipinski definition) is 7. The summed E-state index contributed by atoms with van der Waals surface area (Å²) in [5.74, 6) is 0.955. The maximum atomic E-state index is 12.7. The van der Waals surface area contributed by atoms with E-state index in [4.69, 9.17) is 0 Å². The zero-order valence-electron chi connectivity index (χ0n) is 19.0. The van der Waals surface area contributed by atoms with Crippen molar-refractivity contribution in [2.75, 3.05) is 32.0 Å². The van der Waals surface area contributed by atoms with Gasteiger partial charge in [-0.25, -0.2) is 4.68 Å². The highest BCUT2D eigenvalue weighted by atomic mass is 16.1. The molecule has 0 atom stereocenters. The molecule has 2 aromatic heterocycles. The Bertz CT molecular complexity index is 1240. The highest BCUT2D eigenvalue weighted by Crippen LogP contribution is 2.19. The van der Waals surface area contributed by atoms with Crippen molar-refractivity contribution in [1.29, 1.82) is 0 Å². The predicted octanol–water partition coefficient (Wildman–Crippen LogP) is 2.66. The SMILES string of the molecule is CN1CCC(CNC(=O)c2cccc(-n3cc(Nc4nnnn4-c4ccccc4)cn3)c2)CC1. The number of hydrogen-bond donors (Lipinski definition) is 2. The molecular weight excluding hydrogens is 430 g/mol. The molecule has 3 heterocycles. The Balaban J connectivity index is 1.25. The second-order valence-electron chi connectivity index (χ2n) is 8.56. The molecule has 1 aliphatic rings. The lowest BCUT2D eigenvalue weighted by Crippen LogP contribution is -2.36. The predicted molar refractivity (Wildman–Crippen MR) is 129 cm³/mol. The van der Waals surface area contributed by atoms with Gasteiger partial charge in [-0.1, -0.05) is 29.4 Å². The maximum absolute atomic E-state index is 12.7. The van der Waals surface area contributed by atoms with E-state index in [0.717, 1.165) is 43.0 Å². The number of carbonyl (C=O) groups excluding carboxylic acids is 1. The van der Waals surface area contributed by atoms with Gasteiger partial charge in [-0.2, -0.15) is 9.78 Å². The van der Waals surface area contributed by atoms with Crippen LogP contribution in [0.5, 0.6) is 0 Å². The third kappa shape index (κ3) is 4.96. The zero-order valence-corrected chi connectivity index (χ0v) is 19.0. The van der Waals surface area contributed by atoms with Gasteiger partial charge in [-0.05, 0) is 79.7 Å². The van der Waals surface area contributed by atoms with Crippen LogP contribution in [-0.2, 0) is 0 Å². The van der Waals surface area contributed by atoms with Crippen molar-refractivity contribution in [3.63, 3.8) is 0 Å². The summed E-state index contributed by atoms with van der Waals surface area (Å²) in [5.41, 5.74) is 2.98. The normalized spacial score (nSPS) is 14.7. The largest absolute Gasteiger partial charge is 0.352 e. The number of aromatic nitrogens is 6. The first-order chi connectivity index (χ1) is 16.7. The van der Waals surface area contributed by atoms with Gasteiger partial charge in [0.25, 0.3) is 11.9 Å². The standard InChI is InChI=1S/C24H27N9O/c1-31-12-10-18(11-13-31)15-25-23(34)19-6-5-9-22(14-19)32-17-20(16-26-32)27-24-28-29-30-33(24)21-7-3-2-4-8-21/h2-9,14,16-18H,10-13,15H2,1H3,(H,25,34)(H,27,28,30). The van der Waals surface area contributed by atoms with E-state index in [2.05, 4.69) is 43.2 Å². The van der Waals surface area contributed by atoms with Crippen LogP contribution in [0.25, 0.3) is 11.4 Å². The van der Waals surface area contributed by atoms with E-state index in [1.165, 1.54) is 0 Å². The smallest absolute Gasteiger partial charge is 0.252 e. The molecule has 2 N–H and O–H groups in total. The highest BCUT2D eigenvalue weighted by Gasteiger charge is 2.18. The average molecular weight is 458 g/mol. The Morgan fingerprint density at radius 1 is 1.06 bits per heavy atom. The van der Waals surface area contributed by atoms with Gasteiger partial charge in [0, 0.05) is 12.1 Å². The van der Waals surface area contributed by atoms with E-state index < -0.39 is 0 Å². The molecule has 0 saturated carbocycles. The van der Waals surface area contributed by atoms with E-state index in [0.29, 0.717) is 24.0 Å². The third-order valence-electron chi connectivity index (χ3n) is 6.07. The molecule has 5 rings (SSSR count). The van der Waals surface area contributed by atoms with E-state index in [-0.39, 0.29) is 5.91 Å². The monoisotopic (exact) mass is 457 g/mol. The number of benzene rings is 2. The molecule has 0 radical (unpaired) electrons. The molecular formula is C24H27N9O. The van der Waals surface area contributed by atoms with Crippen molar-refractivity contribution in [2.24, 2.45) is 5.92 Å². The van der Waals surface area contributed by atoms with Gasteiger partial charge in [0.15, 0.2) is 0 Å². The molecule has 10 nitrogen and oxygen atoms in total. The number of carbonyl (C=O) groups is 1. The van der Waals surface area contributed by atoms with E-state index >= 15 is 0 Å². The van der Waals surface area contributed by atoms with Gasteiger partial charge >= 0.3 is 0 Å². The first-order valence-electron chi connectivity index (χ1n) is 11.4. The Hall–Kier alpha value is -4.05. The lowest BCUT2D eigenvalue weighted by Gasteiger charge is -2.28. The van der Waals surface area contributed by atoms with Crippen LogP contribution in [0.1, 0.15) is 23.2 Å². The fourth-order valence-corrected chi connectivity index (χ4v) is 4.06. The molecule has 4 aromatic rings. The number of tetrazole rings is 1. The average Bonchev–Trinajstić information content (AvgIpc) is 3.54. The van der Waals surface area contributed by atoms with Crippen LogP contribution in [-0.4, -0.2) is 67.5 Å². The summed E-state index contributed by atoms with van der Waals surface area (Å²) in [6, 6.07) is 17.1. The topological polar surface area (TPSA) is 106 Å². The van der Waals surface area contributed by atoms with Gasteiger partial charge in [0.2, 0.25) is 0 Å². The van der Waals surface area contributed by atoms with Crippen LogP contribution < -0.4 is 10.6 Å². The summed E-state index contributed by atoms with van der Waals surface area (Å²) in [7, 11) is 2.14. The van der Waals surface area contributed by atoms with Crippen LogP contribution >= 0.6 is 0 Å². The minimum absolute atomic E-state index is 0.0617. The number of likely N-dealkylation sites (tertiary alicyclic amines) is 1. The van der Waals surface area contributed by atoms with Crippen molar-refractivity contribution >= 4 is 17.5 Å². The number of anilines is 2. The fraction of sp³-hybridized carbons (Fsp3) is 0.292. The van der Waals surface area contributed by atoms with E-state index in [9.17, 15) is 4.79 Å². The lowest BCUT2D eigenvalue weighted by atomic mass is 9.97. The number of para-hydroxylation sites is 1. The molecule has 0 bridgehead atoms. The Labute approximate surface area is 197 Å². The number of amides is 1. The molecule has 1 amide bonds. The highest BCUT2D eigenvalue weighted by molar-refractivity contribution is 5.94. The molecule has 1 aliphatic heterocycles. The van der Waals surface area contributed by atoms with Gasteiger partial charge in [0.05, 0.1) is 29.5 Å². The molecule has 1 fully saturated rings. The molecule has 10 heteroatoms. The lowest BCUT2D eigenvalue weighted by molar-refractivity contribution is 0.0939. The number of rotatable bonds is 7. The van der Waals surface area contributed by atoms with Crippen LogP contribution in [0.2, 0.25) is 0 Å². The van der Waals surface area contributed by atoms with Crippen LogP contribution in [0.3, 0.4) is 0 Å². The number of nitrogens with zero attached hydrogens (tertiary/aromatic N) is 7. The number of piperidine rings is 1. The zero-order chi connectivity index (χ0) is 23.3. The van der Waals surface area contributed by atoms with Crippen LogP contribution in [0.4, 0.5) is 11.6 Å². The van der Waals surface area contributed by atoms with Crippen molar-refractivity contribution in [3.8, 4) is 11.4 Å². The summed E-state index contributed by atoms with van der Waals surface area (Å²) < 4.78 is 3.33. The summed E-state index contributed by atoms with van der Waals surface area (Å²) in [5, 5.41) is 22.6. The van der Waals surface area contributed by atoms with Crippen LogP contribution in [0.15, 0.2) is 67.0 Å². The molecule has 1 saturated heterocycles. The van der Waals surface area contributed by atoms with E-state index in [1.807, 2.05) is 60.8 Å². The van der Waals surface area contributed by atoms with Crippen molar-refractivity contribution in [2.45, 2.75) is 12.8 Å². The third-order valence-corrected chi connectivity index (χ3v) is 6.07. The Kier molecular flexibility index (Phi) is 6.30. The van der Waals surface area contributed by atoms with Crippen molar-refractivity contribution in [3.05, 3.63) is 72.6 Å². The van der Waals surface area contributed by atoms with Crippen molar-refractivity contribution in [1.82, 2.24) is 40.2 Å². The fourth-order valence-electron chi connectivity index (χ4n) is 4.06. The van der Waals surface area contributed by atoms with Gasteiger partial charge < -0.3 is 15.5 Å². The van der Waals surface area contributed by atoms with Crippen molar-refractivity contribution < 1.29 is 4.79 Å². The second-order valence-corrected chi connectivity index (χ2v) is 8.56. The van der Waals surface area contributed by atoms with Gasteiger partial charge in [-0.15, -0.1) is 0 Å². The molecule has 34 heavy (non-hydrogen) atoms. The molecule has 0 unspecified atom stereocenters. The first kappa shape index (κ1) is 21.8. The van der Waals surface area contributed by atoms with E-state index in [1.54, 1.807) is 15.6 Å². The quantitative estimate of drug-likeness (QED) is 0.439. The molecule has 2 aromatic carbocycles. The van der Waals surface area contributed by atoms with Gasteiger partial charge in [0.1, 0.15) is 0 Å². The Morgan fingerprint density at radius 3 is 2.68 bits per heavy atom. The minimum Gasteiger partial charge on any atom is -0.352 e. The molecule has 0 aliphatic carbocycles. The second kappa shape index (κ2) is 9.84. The Morgan fingerprint density at radius 2 is 1.85 bits per heavy atom. The summed E-state index contributed by atoms with van der Waals surface area (Å²) >= 11 is 0. The summed E-state index contributed by atoms with van der Waals surface area (Å²) in [6.07, 6.45) is 5.76. The van der Waals surface area contributed by atoms with Crippen LogP contribution in [0, 0.1) is 5.92 Å².